The fourth-order valence-corrected chi connectivity index (χ4v) is 1.26. The molecule has 0 unspecified atom stereocenters. The zero-order valence-electron chi connectivity index (χ0n) is 9.42. The molecule has 0 saturated carbocycles. The Kier molecular flexibility index (Phi) is 4.57. The Hall–Kier alpha value is -2.69. The highest BCUT2D eigenvalue weighted by Gasteiger charge is 2.15. The van der Waals surface area contributed by atoms with E-state index in [1.807, 2.05) is 0 Å². The fourth-order valence-electron chi connectivity index (χ4n) is 1.26. The Labute approximate surface area is 103 Å². The van der Waals surface area contributed by atoms with Gasteiger partial charge < -0.3 is 11.1 Å². The second-order valence-corrected chi connectivity index (χ2v) is 3.43. The summed E-state index contributed by atoms with van der Waals surface area (Å²) in [6.07, 6.45) is 0.765. The summed E-state index contributed by atoms with van der Waals surface area (Å²) in [4.78, 5) is 24.2. The lowest BCUT2D eigenvalue weighted by Crippen LogP contribution is -2.13. The molecule has 0 aromatic carbocycles. The van der Waals surface area contributed by atoms with Crippen LogP contribution in [0.5, 0.6) is 0 Å². The van der Waals surface area contributed by atoms with Gasteiger partial charge in [-0.3, -0.25) is 14.9 Å². The molecular formula is C10H11N5O3. The van der Waals surface area contributed by atoms with Gasteiger partial charge in [-0.2, -0.15) is 5.26 Å². The van der Waals surface area contributed by atoms with E-state index in [0.717, 1.165) is 0 Å². The molecule has 94 valence electrons. The zero-order chi connectivity index (χ0) is 13.5. The van der Waals surface area contributed by atoms with Gasteiger partial charge in [-0.05, 0) is 12.5 Å². The van der Waals surface area contributed by atoms with E-state index in [0.29, 0.717) is 18.8 Å². The molecular weight excluding hydrogens is 238 g/mol. The van der Waals surface area contributed by atoms with E-state index in [1.165, 1.54) is 12.1 Å². The van der Waals surface area contributed by atoms with E-state index in [4.69, 9.17) is 11.0 Å². The molecule has 3 N–H and O–H groups in total. The second-order valence-electron chi connectivity index (χ2n) is 3.43. The van der Waals surface area contributed by atoms with Crippen molar-refractivity contribution in [1.82, 2.24) is 4.98 Å². The van der Waals surface area contributed by atoms with E-state index in [9.17, 15) is 14.9 Å². The summed E-state index contributed by atoms with van der Waals surface area (Å²) in [5.41, 5.74) is 4.39. The van der Waals surface area contributed by atoms with Crippen molar-refractivity contribution in [1.29, 1.82) is 5.26 Å². The van der Waals surface area contributed by atoms with Gasteiger partial charge >= 0.3 is 5.69 Å². The van der Waals surface area contributed by atoms with E-state index in [1.54, 1.807) is 6.07 Å². The Morgan fingerprint density at radius 1 is 1.61 bits per heavy atom. The van der Waals surface area contributed by atoms with Crippen LogP contribution in [0.3, 0.4) is 0 Å². The lowest BCUT2D eigenvalue weighted by Gasteiger charge is -2.04. The first-order chi connectivity index (χ1) is 8.54. The SMILES string of the molecule is N#Cc1nc(NCCCC(N)=O)ccc1[N+](=O)[O-]. The molecule has 0 fully saturated rings. The first-order valence-electron chi connectivity index (χ1n) is 5.12. The number of pyridine rings is 1. The van der Waals surface area contributed by atoms with Crippen LogP contribution in [-0.2, 0) is 4.79 Å². The number of nitriles is 1. The van der Waals surface area contributed by atoms with E-state index >= 15 is 0 Å². The maximum absolute atomic E-state index is 10.6. The highest BCUT2D eigenvalue weighted by molar-refractivity contribution is 5.73. The van der Waals surface area contributed by atoms with Gasteiger partial charge in [-0.25, -0.2) is 4.98 Å². The van der Waals surface area contributed by atoms with Crippen LogP contribution in [0.15, 0.2) is 12.1 Å². The number of hydrogen-bond acceptors (Lipinski definition) is 6. The highest BCUT2D eigenvalue weighted by Crippen LogP contribution is 2.17. The first kappa shape index (κ1) is 13.4. The van der Waals surface area contributed by atoms with Crippen molar-refractivity contribution in [3.05, 3.63) is 27.9 Å². The summed E-state index contributed by atoms with van der Waals surface area (Å²) >= 11 is 0. The summed E-state index contributed by atoms with van der Waals surface area (Å²) in [6.45, 7) is 0.443. The standard InChI is InChI=1S/C10H11N5O3/c11-6-7-8(15(17)18)3-4-10(14-7)13-5-1-2-9(12)16/h3-4H,1-2,5H2,(H2,12,16)(H,13,14). The number of rotatable bonds is 6. The molecule has 1 amide bonds. The molecule has 0 bridgehead atoms. The molecule has 1 rings (SSSR count). The Bertz CT molecular complexity index is 509. The fraction of sp³-hybridized carbons (Fsp3) is 0.300. The molecule has 0 aliphatic heterocycles. The Morgan fingerprint density at radius 2 is 2.33 bits per heavy atom. The van der Waals surface area contributed by atoms with Gasteiger partial charge in [0.05, 0.1) is 4.92 Å². The van der Waals surface area contributed by atoms with Gasteiger partial charge in [-0.1, -0.05) is 0 Å². The number of carbonyl (C=O) groups is 1. The van der Waals surface area contributed by atoms with E-state index in [2.05, 4.69) is 10.3 Å². The van der Waals surface area contributed by atoms with Crippen molar-refractivity contribution in [2.45, 2.75) is 12.8 Å². The lowest BCUT2D eigenvalue weighted by atomic mass is 10.3. The first-order valence-corrected chi connectivity index (χ1v) is 5.12. The van der Waals surface area contributed by atoms with Gasteiger partial charge in [0.1, 0.15) is 11.9 Å². The third-order valence-corrected chi connectivity index (χ3v) is 2.08. The molecule has 0 saturated heterocycles. The van der Waals surface area contributed by atoms with Crippen LogP contribution in [0.1, 0.15) is 18.5 Å². The smallest absolute Gasteiger partial charge is 0.305 e. The minimum atomic E-state index is -0.664. The summed E-state index contributed by atoms with van der Waals surface area (Å²) in [7, 11) is 0. The maximum Gasteiger partial charge on any atom is 0.305 e. The average Bonchev–Trinajstić information content (AvgIpc) is 2.33. The monoisotopic (exact) mass is 249 g/mol. The molecule has 1 heterocycles. The molecule has 0 radical (unpaired) electrons. The molecule has 18 heavy (non-hydrogen) atoms. The summed E-state index contributed by atoms with van der Waals surface area (Å²) in [5.74, 6) is -0.0483. The number of carbonyl (C=O) groups excluding carboxylic acids is 1. The predicted octanol–water partition coefficient (Wildman–Crippen LogP) is 0.539. The van der Waals surface area contributed by atoms with E-state index in [-0.39, 0.29) is 17.8 Å². The summed E-state index contributed by atoms with van der Waals surface area (Å²) in [5, 5.41) is 22.1. The normalized spacial score (nSPS) is 9.50. The lowest BCUT2D eigenvalue weighted by molar-refractivity contribution is -0.385. The van der Waals surface area contributed by atoms with Crippen LogP contribution in [0.2, 0.25) is 0 Å². The Morgan fingerprint density at radius 3 is 2.89 bits per heavy atom. The molecule has 0 atom stereocenters. The quantitative estimate of drug-likeness (QED) is 0.429. The van der Waals surface area contributed by atoms with Crippen molar-refractivity contribution in [3.8, 4) is 6.07 Å². The number of amides is 1. The number of nitrogens with two attached hydrogens (primary N) is 1. The number of nitrogens with one attached hydrogen (secondary N) is 1. The molecule has 0 aliphatic rings. The average molecular weight is 249 g/mol. The van der Waals surface area contributed by atoms with Gasteiger partial charge in [0.25, 0.3) is 0 Å². The highest BCUT2D eigenvalue weighted by atomic mass is 16.6. The topological polar surface area (TPSA) is 135 Å². The van der Waals surface area contributed by atoms with Gasteiger partial charge in [0, 0.05) is 19.0 Å². The number of nitrogens with zero attached hydrogens (tertiary/aromatic N) is 3. The largest absolute Gasteiger partial charge is 0.370 e. The second kappa shape index (κ2) is 6.15. The number of aromatic nitrogens is 1. The number of nitro groups is 1. The molecule has 1 aromatic rings. The molecule has 1 aromatic heterocycles. The number of anilines is 1. The van der Waals surface area contributed by atoms with Crippen LogP contribution < -0.4 is 11.1 Å². The minimum Gasteiger partial charge on any atom is -0.370 e. The zero-order valence-corrected chi connectivity index (χ0v) is 9.42. The van der Waals surface area contributed by atoms with E-state index < -0.39 is 10.8 Å². The third-order valence-electron chi connectivity index (χ3n) is 2.08. The van der Waals surface area contributed by atoms with Crippen molar-refractivity contribution in [2.75, 3.05) is 11.9 Å². The van der Waals surface area contributed by atoms with Crippen LogP contribution in [0.25, 0.3) is 0 Å². The van der Waals surface area contributed by atoms with Crippen LogP contribution in [0, 0.1) is 21.4 Å². The van der Waals surface area contributed by atoms with Crippen LogP contribution in [0.4, 0.5) is 11.5 Å². The maximum atomic E-state index is 10.6. The number of hydrogen-bond donors (Lipinski definition) is 2. The summed E-state index contributed by atoms with van der Waals surface area (Å²) < 4.78 is 0. The van der Waals surface area contributed by atoms with Gasteiger partial charge in [0.15, 0.2) is 0 Å². The molecule has 0 aliphatic carbocycles. The molecule has 8 nitrogen and oxygen atoms in total. The predicted molar refractivity (Wildman–Crippen MR) is 62.5 cm³/mol. The molecule has 0 spiro atoms. The minimum absolute atomic E-state index is 0.241. The van der Waals surface area contributed by atoms with Crippen molar-refractivity contribution in [3.63, 3.8) is 0 Å². The van der Waals surface area contributed by atoms with Gasteiger partial charge in [-0.15, -0.1) is 0 Å². The van der Waals surface area contributed by atoms with Gasteiger partial charge in [0.2, 0.25) is 11.6 Å². The van der Waals surface area contributed by atoms with Crippen LogP contribution in [-0.4, -0.2) is 22.4 Å². The Balaban J connectivity index is 2.66. The van der Waals surface area contributed by atoms with Crippen molar-refractivity contribution >= 4 is 17.4 Å². The molecule has 8 heteroatoms. The third kappa shape index (κ3) is 3.71. The van der Waals surface area contributed by atoms with Crippen LogP contribution >= 0.6 is 0 Å². The summed E-state index contributed by atoms with van der Waals surface area (Å²) in [6, 6.07) is 4.28. The van der Waals surface area contributed by atoms with Crippen molar-refractivity contribution < 1.29 is 9.72 Å². The van der Waals surface area contributed by atoms with Crippen molar-refractivity contribution in [2.24, 2.45) is 5.73 Å². The number of primary amides is 1.